The Labute approximate surface area is 84.8 Å². The van der Waals surface area contributed by atoms with Gasteiger partial charge in [0.15, 0.2) is 5.79 Å². The second kappa shape index (κ2) is 3.63. The largest absolute Gasteiger partial charge is 0.347 e. The molecule has 1 heterocycles. The van der Waals surface area contributed by atoms with E-state index in [1.165, 1.54) is 0 Å². The van der Waals surface area contributed by atoms with Crippen LogP contribution >= 0.6 is 0 Å². The first-order valence-corrected chi connectivity index (χ1v) is 5.47. The molecule has 2 rings (SSSR count). The fourth-order valence-corrected chi connectivity index (χ4v) is 2.62. The molecule has 0 aromatic carbocycles. The number of carbonyl (C=O) groups is 1. The zero-order valence-corrected chi connectivity index (χ0v) is 8.91. The number of hydrogen-bond donors (Lipinski definition) is 0. The third-order valence-corrected chi connectivity index (χ3v) is 3.33. The van der Waals surface area contributed by atoms with Gasteiger partial charge in [0.05, 0.1) is 19.1 Å². The molecule has 1 aliphatic carbocycles. The fraction of sp³-hybridized carbons (Fsp3) is 0.909. The van der Waals surface area contributed by atoms with Crippen molar-refractivity contribution in [2.24, 2.45) is 11.8 Å². The van der Waals surface area contributed by atoms with Crippen LogP contribution in [0.3, 0.4) is 0 Å². The summed E-state index contributed by atoms with van der Waals surface area (Å²) in [5.74, 6) is -0.0595. The van der Waals surface area contributed by atoms with E-state index < -0.39 is 5.79 Å². The summed E-state index contributed by atoms with van der Waals surface area (Å²) in [4.78, 5) is 11.7. The van der Waals surface area contributed by atoms with Crippen molar-refractivity contribution in [2.75, 3.05) is 13.2 Å². The molecular formula is C11H18O3. The predicted octanol–water partition coefficient (Wildman–Crippen LogP) is 1.75. The number of hydrogen-bond acceptors (Lipinski definition) is 3. The lowest BCUT2D eigenvalue weighted by atomic mass is 9.87. The van der Waals surface area contributed by atoms with Crippen LogP contribution in [-0.2, 0) is 14.3 Å². The highest BCUT2D eigenvalue weighted by atomic mass is 16.7. The van der Waals surface area contributed by atoms with E-state index in [1.807, 2.05) is 0 Å². The molecule has 1 atom stereocenters. The minimum absolute atomic E-state index is 0.0231. The first kappa shape index (κ1) is 10.1. The van der Waals surface area contributed by atoms with Crippen LogP contribution < -0.4 is 0 Å². The highest BCUT2D eigenvalue weighted by Crippen LogP contribution is 2.42. The van der Waals surface area contributed by atoms with E-state index in [2.05, 4.69) is 13.8 Å². The maximum absolute atomic E-state index is 11.7. The first-order chi connectivity index (χ1) is 6.67. The standard InChI is InChI=1S/C11H18O3/c1-8(2)11(13-6-7-14-11)9-4-3-5-10(9)12/h8-9H,3-7H2,1-2H3. The minimum atomic E-state index is -0.604. The summed E-state index contributed by atoms with van der Waals surface area (Å²) >= 11 is 0. The zero-order valence-electron chi connectivity index (χ0n) is 8.91. The highest BCUT2D eigenvalue weighted by Gasteiger charge is 2.51. The van der Waals surface area contributed by atoms with Crippen molar-refractivity contribution >= 4 is 5.78 Å². The smallest absolute Gasteiger partial charge is 0.180 e. The van der Waals surface area contributed by atoms with Crippen LogP contribution in [0, 0.1) is 11.8 Å². The van der Waals surface area contributed by atoms with Crippen LogP contribution in [0.15, 0.2) is 0 Å². The van der Waals surface area contributed by atoms with Gasteiger partial charge in [0.1, 0.15) is 5.78 Å². The maximum atomic E-state index is 11.7. The molecule has 0 radical (unpaired) electrons. The summed E-state index contributed by atoms with van der Waals surface area (Å²) in [5, 5.41) is 0. The van der Waals surface area contributed by atoms with Gasteiger partial charge in [0.25, 0.3) is 0 Å². The molecule has 1 aliphatic heterocycles. The molecule has 80 valence electrons. The predicted molar refractivity (Wildman–Crippen MR) is 51.8 cm³/mol. The number of rotatable bonds is 2. The Kier molecular flexibility index (Phi) is 2.62. The lowest BCUT2D eigenvalue weighted by Gasteiger charge is -2.36. The van der Waals surface area contributed by atoms with Gasteiger partial charge in [0.2, 0.25) is 0 Å². The number of ether oxygens (including phenoxy) is 2. The topological polar surface area (TPSA) is 35.5 Å². The van der Waals surface area contributed by atoms with E-state index in [0.717, 1.165) is 12.8 Å². The summed E-state index contributed by atoms with van der Waals surface area (Å²) in [6.45, 7) is 5.39. The number of Topliss-reactive ketones (excluding diaryl/α,β-unsaturated/α-hetero) is 1. The molecule has 1 saturated carbocycles. The lowest BCUT2D eigenvalue weighted by molar-refractivity contribution is -0.219. The van der Waals surface area contributed by atoms with E-state index in [-0.39, 0.29) is 11.8 Å². The number of carbonyl (C=O) groups excluding carboxylic acids is 1. The van der Waals surface area contributed by atoms with Crippen molar-refractivity contribution in [1.29, 1.82) is 0 Å². The van der Waals surface area contributed by atoms with Crippen molar-refractivity contribution in [1.82, 2.24) is 0 Å². The van der Waals surface area contributed by atoms with Crippen molar-refractivity contribution in [3.05, 3.63) is 0 Å². The normalized spacial score (nSPS) is 31.6. The van der Waals surface area contributed by atoms with Crippen LogP contribution in [0.25, 0.3) is 0 Å². The molecule has 0 amide bonds. The average molecular weight is 198 g/mol. The first-order valence-electron chi connectivity index (χ1n) is 5.47. The Morgan fingerprint density at radius 2 is 2.00 bits per heavy atom. The average Bonchev–Trinajstić information content (AvgIpc) is 2.72. The Hall–Kier alpha value is -0.410. The Bertz CT molecular complexity index is 229. The zero-order chi connectivity index (χ0) is 10.2. The Balaban J connectivity index is 2.21. The number of ketones is 1. The molecule has 14 heavy (non-hydrogen) atoms. The van der Waals surface area contributed by atoms with Gasteiger partial charge in [-0.1, -0.05) is 13.8 Å². The lowest BCUT2D eigenvalue weighted by Crippen LogP contribution is -2.46. The van der Waals surface area contributed by atoms with Gasteiger partial charge in [-0.15, -0.1) is 0 Å². The van der Waals surface area contributed by atoms with E-state index in [9.17, 15) is 4.79 Å². The molecule has 3 nitrogen and oxygen atoms in total. The monoisotopic (exact) mass is 198 g/mol. The Morgan fingerprint density at radius 1 is 1.36 bits per heavy atom. The van der Waals surface area contributed by atoms with Gasteiger partial charge in [-0.05, 0) is 12.8 Å². The van der Waals surface area contributed by atoms with Gasteiger partial charge >= 0.3 is 0 Å². The molecule has 1 saturated heterocycles. The highest BCUT2D eigenvalue weighted by molar-refractivity contribution is 5.83. The molecule has 1 unspecified atom stereocenters. The molecule has 2 fully saturated rings. The molecule has 2 aliphatic rings. The molecular weight excluding hydrogens is 180 g/mol. The minimum Gasteiger partial charge on any atom is -0.347 e. The molecule has 0 aromatic rings. The van der Waals surface area contributed by atoms with Gasteiger partial charge in [-0.25, -0.2) is 0 Å². The van der Waals surface area contributed by atoms with E-state index in [1.54, 1.807) is 0 Å². The van der Waals surface area contributed by atoms with Crippen LogP contribution in [0.2, 0.25) is 0 Å². The van der Waals surface area contributed by atoms with Crippen molar-refractivity contribution in [2.45, 2.75) is 38.9 Å². The van der Waals surface area contributed by atoms with Gasteiger partial charge in [0, 0.05) is 12.3 Å². The second-order valence-corrected chi connectivity index (χ2v) is 4.48. The van der Waals surface area contributed by atoms with E-state index >= 15 is 0 Å². The van der Waals surface area contributed by atoms with Gasteiger partial charge < -0.3 is 9.47 Å². The van der Waals surface area contributed by atoms with Crippen molar-refractivity contribution in [3.63, 3.8) is 0 Å². The van der Waals surface area contributed by atoms with E-state index in [4.69, 9.17) is 9.47 Å². The quantitative estimate of drug-likeness (QED) is 0.678. The summed E-state index contributed by atoms with van der Waals surface area (Å²) in [6.07, 6.45) is 2.62. The molecule has 0 aromatic heterocycles. The third kappa shape index (κ3) is 1.39. The summed E-state index contributed by atoms with van der Waals surface area (Å²) in [6, 6.07) is 0. The van der Waals surface area contributed by atoms with Crippen LogP contribution in [-0.4, -0.2) is 24.8 Å². The third-order valence-electron chi connectivity index (χ3n) is 3.33. The second-order valence-electron chi connectivity index (χ2n) is 4.48. The van der Waals surface area contributed by atoms with Gasteiger partial charge in [-0.2, -0.15) is 0 Å². The summed E-state index contributed by atoms with van der Waals surface area (Å²) in [5.41, 5.74) is 0. The molecule has 0 bridgehead atoms. The fourth-order valence-electron chi connectivity index (χ4n) is 2.62. The van der Waals surface area contributed by atoms with Crippen LogP contribution in [0.4, 0.5) is 0 Å². The summed E-state index contributed by atoms with van der Waals surface area (Å²) in [7, 11) is 0. The van der Waals surface area contributed by atoms with Crippen LogP contribution in [0.5, 0.6) is 0 Å². The van der Waals surface area contributed by atoms with Gasteiger partial charge in [-0.3, -0.25) is 4.79 Å². The Morgan fingerprint density at radius 3 is 2.43 bits per heavy atom. The van der Waals surface area contributed by atoms with E-state index in [0.29, 0.717) is 25.4 Å². The van der Waals surface area contributed by atoms with Crippen molar-refractivity contribution < 1.29 is 14.3 Å². The molecule has 3 heteroatoms. The van der Waals surface area contributed by atoms with Crippen molar-refractivity contribution in [3.8, 4) is 0 Å². The molecule has 0 N–H and O–H groups in total. The maximum Gasteiger partial charge on any atom is 0.180 e. The SMILES string of the molecule is CC(C)C1(C2CCCC2=O)OCCO1. The summed E-state index contributed by atoms with van der Waals surface area (Å²) < 4.78 is 11.4. The molecule has 0 spiro atoms. The van der Waals surface area contributed by atoms with Crippen LogP contribution in [0.1, 0.15) is 33.1 Å².